The van der Waals surface area contributed by atoms with Crippen molar-refractivity contribution < 1.29 is 4.79 Å². The number of carbonyl (C=O) groups excluding carboxylic acids is 1. The molecular formula is C16H17NO. The summed E-state index contributed by atoms with van der Waals surface area (Å²) in [6.45, 7) is 6.21. The summed E-state index contributed by atoms with van der Waals surface area (Å²) in [4.78, 5) is 12.1. The number of hydrogen-bond acceptors (Lipinski definition) is 1. The quantitative estimate of drug-likeness (QED) is 0.737. The summed E-state index contributed by atoms with van der Waals surface area (Å²) in [6, 6.07) is 7.81. The van der Waals surface area contributed by atoms with Crippen LogP contribution in [0, 0.1) is 17.8 Å². The van der Waals surface area contributed by atoms with E-state index in [1.807, 2.05) is 55.8 Å². The van der Waals surface area contributed by atoms with Gasteiger partial charge in [0.25, 0.3) is 0 Å². The van der Waals surface area contributed by atoms with Crippen molar-refractivity contribution >= 4 is 16.7 Å². The van der Waals surface area contributed by atoms with E-state index in [0.717, 1.165) is 16.5 Å². The molecule has 1 aromatic heterocycles. The van der Waals surface area contributed by atoms with Gasteiger partial charge < -0.3 is 4.57 Å². The van der Waals surface area contributed by atoms with Crippen molar-refractivity contribution in [2.75, 3.05) is 0 Å². The average molecular weight is 239 g/mol. The zero-order valence-electron chi connectivity index (χ0n) is 11.0. The molecule has 0 aliphatic heterocycles. The lowest BCUT2D eigenvalue weighted by Gasteiger charge is -2.17. The number of nitrogens with zero attached hydrogens (tertiary/aromatic N) is 1. The summed E-state index contributed by atoms with van der Waals surface area (Å²) in [5.74, 6) is 2.88. The van der Waals surface area contributed by atoms with E-state index in [9.17, 15) is 4.79 Å². The summed E-state index contributed by atoms with van der Waals surface area (Å²) in [5, 5.41) is 1.03. The predicted molar refractivity (Wildman–Crippen MR) is 74.3 cm³/mol. The molecule has 0 radical (unpaired) electrons. The molecule has 2 heteroatoms. The van der Waals surface area contributed by atoms with Gasteiger partial charge in [-0.1, -0.05) is 32.8 Å². The van der Waals surface area contributed by atoms with Crippen molar-refractivity contribution in [2.24, 2.45) is 5.41 Å². The SMILES string of the molecule is C#Cc1cccc2c1ccn2CC(=O)C(C)(C)C. The molecule has 0 amide bonds. The standard InChI is InChI=1S/C16H17NO/c1-5-12-7-6-8-14-13(12)9-10-17(14)11-15(18)16(2,3)4/h1,6-10H,11H2,2-4H3. The van der Waals surface area contributed by atoms with E-state index in [-0.39, 0.29) is 11.2 Å². The first kappa shape index (κ1) is 12.4. The molecule has 0 fully saturated rings. The van der Waals surface area contributed by atoms with Crippen LogP contribution in [0.15, 0.2) is 30.5 Å². The molecule has 1 heterocycles. The molecule has 2 aromatic rings. The number of ketones is 1. The number of fused-ring (bicyclic) bond motifs is 1. The van der Waals surface area contributed by atoms with Crippen molar-refractivity contribution in [3.8, 4) is 12.3 Å². The van der Waals surface area contributed by atoms with Gasteiger partial charge in [-0.15, -0.1) is 6.42 Å². The summed E-state index contributed by atoms with van der Waals surface area (Å²) in [6.07, 6.45) is 7.40. The highest BCUT2D eigenvalue weighted by Gasteiger charge is 2.21. The number of rotatable bonds is 2. The maximum Gasteiger partial charge on any atom is 0.157 e. The Morgan fingerprint density at radius 1 is 1.33 bits per heavy atom. The van der Waals surface area contributed by atoms with Gasteiger partial charge >= 0.3 is 0 Å². The van der Waals surface area contributed by atoms with Crippen LogP contribution >= 0.6 is 0 Å². The van der Waals surface area contributed by atoms with Crippen LogP contribution in [-0.4, -0.2) is 10.4 Å². The van der Waals surface area contributed by atoms with Gasteiger partial charge in [-0.3, -0.25) is 4.79 Å². The van der Waals surface area contributed by atoms with Crippen LogP contribution in [0.5, 0.6) is 0 Å². The molecule has 0 atom stereocenters. The molecule has 18 heavy (non-hydrogen) atoms. The summed E-state index contributed by atoms with van der Waals surface area (Å²) < 4.78 is 1.96. The number of terminal acetylenes is 1. The average Bonchev–Trinajstić information content (AvgIpc) is 2.71. The van der Waals surface area contributed by atoms with Crippen molar-refractivity contribution in [2.45, 2.75) is 27.3 Å². The Morgan fingerprint density at radius 2 is 2.06 bits per heavy atom. The Kier molecular flexibility index (Phi) is 3.00. The van der Waals surface area contributed by atoms with E-state index in [1.165, 1.54) is 0 Å². The smallest absolute Gasteiger partial charge is 0.157 e. The summed E-state index contributed by atoms with van der Waals surface area (Å²) >= 11 is 0. The summed E-state index contributed by atoms with van der Waals surface area (Å²) in [7, 11) is 0. The molecular weight excluding hydrogens is 222 g/mol. The third-order valence-electron chi connectivity index (χ3n) is 3.12. The normalized spacial score (nSPS) is 11.4. The van der Waals surface area contributed by atoms with Crippen LogP contribution in [0.3, 0.4) is 0 Å². The fourth-order valence-corrected chi connectivity index (χ4v) is 1.88. The lowest BCUT2D eigenvalue weighted by Crippen LogP contribution is -2.24. The van der Waals surface area contributed by atoms with Crippen LogP contribution < -0.4 is 0 Å². The Hall–Kier alpha value is -2.01. The number of aromatic nitrogens is 1. The number of benzene rings is 1. The molecule has 0 saturated carbocycles. The first-order valence-corrected chi connectivity index (χ1v) is 6.01. The predicted octanol–water partition coefficient (Wildman–Crippen LogP) is 3.24. The fraction of sp³-hybridized carbons (Fsp3) is 0.312. The second-order valence-corrected chi connectivity index (χ2v) is 5.50. The van der Waals surface area contributed by atoms with Gasteiger partial charge in [0.05, 0.1) is 6.54 Å². The monoisotopic (exact) mass is 239 g/mol. The Labute approximate surface area is 108 Å². The highest BCUT2D eigenvalue weighted by molar-refractivity contribution is 5.89. The van der Waals surface area contributed by atoms with Crippen LogP contribution in [0.1, 0.15) is 26.3 Å². The minimum absolute atomic E-state index is 0.214. The van der Waals surface area contributed by atoms with Crippen molar-refractivity contribution in [3.63, 3.8) is 0 Å². The molecule has 0 bridgehead atoms. The van der Waals surface area contributed by atoms with Gasteiger partial charge in [0.1, 0.15) is 0 Å². The third kappa shape index (κ3) is 2.17. The third-order valence-corrected chi connectivity index (χ3v) is 3.12. The second kappa shape index (κ2) is 4.34. The molecule has 0 aliphatic carbocycles. The van der Waals surface area contributed by atoms with Crippen molar-refractivity contribution in [1.29, 1.82) is 0 Å². The molecule has 2 rings (SSSR count). The van der Waals surface area contributed by atoms with Crippen LogP contribution in [0.2, 0.25) is 0 Å². The van der Waals surface area contributed by atoms with Gasteiger partial charge in [0, 0.05) is 28.1 Å². The van der Waals surface area contributed by atoms with Gasteiger partial charge in [-0.25, -0.2) is 0 Å². The van der Waals surface area contributed by atoms with Crippen LogP contribution in [-0.2, 0) is 11.3 Å². The van der Waals surface area contributed by atoms with E-state index in [2.05, 4.69) is 5.92 Å². The maximum atomic E-state index is 12.1. The molecule has 2 nitrogen and oxygen atoms in total. The Balaban J connectivity index is 2.43. The lowest BCUT2D eigenvalue weighted by molar-refractivity contribution is -0.126. The van der Waals surface area contributed by atoms with Gasteiger partial charge in [0.15, 0.2) is 5.78 Å². The number of Topliss-reactive ketones (excluding diaryl/α,β-unsaturated/α-hetero) is 1. The minimum Gasteiger partial charge on any atom is -0.340 e. The molecule has 92 valence electrons. The maximum absolute atomic E-state index is 12.1. The first-order chi connectivity index (χ1) is 8.43. The van der Waals surface area contributed by atoms with E-state index >= 15 is 0 Å². The molecule has 0 unspecified atom stereocenters. The molecule has 1 aromatic carbocycles. The number of hydrogen-bond donors (Lipinski definition) is 0. The largest absolute Gasteiger partial charge is 0.340 e. The molecule has 0 aliphatic rings. The summed E-state index contributed by atoms with van der Waals surface area (Å²) in [5.41, 5.74) is 1.57. The lowest BCUT2D eigenvalue weighted by atomic mass is 9.91. The Morgan fingerprint density at radius 3 is 2.67 bits per heavy atom. The topological polar surface area (TPSA) is 22.0 Å². The fourth-order valence-electron chi connectivity index (χ4n) is 1.88. The van der Waals surface area contributed by atoms with Gasteiger partial charge in [0.2, 0.25) is 0 Å². The van der Waals surface area contributed by atoms with Gasteiger partial charge in [-0.05, 0) is 18.2 Å². The molecule has 0 spiro atoms. The van der Waals surface area contributed by atoms with E-state index in [0.29, 0.717) is 6.54 Å². The van der Waals surface area contributed by atoms with E-state index < -0.39 is 0 Å². The van der Waals surface area contributed by atoms with Crippen LogP contribution in [0.25, 0.3) is 10.9 Å². The van der Waals surface area contributed by atoms with E-state index in [1.54, 1.807) is 0 Å². The van der Waals surface area contributed by atoms with Crippen molar-refractivity contribution in [1.82, 2.24) is 4.57 Å². The second-order valence-electron chi connectivity index (χ2n) is 5.50. The minimum atomic E-state index is -0.319. The molecule has 0 N–H and O–H groups in total. The zero-order valence-corrected chi connectivity index (χ0v) is 11.0. The van der Waals surface area contributed by atoms with E-state index in [4.69, 9.17) is 6.42 Å². The Bertz CT molecular complexity index is 635. The van der Waals surface area contributed by atoms with Gasteiger partial charge in [-0.2, -0.15) is 0 Å². The van der Waals surface area contributed by atoms with Crippen molar-refractivity contribution in [3.05, 3.63) is 36.0 Å². The first-order valence-electron chi connectivity index (χ1n) is 6.01. The molecule has 0 saturated heterocycles. The number of carbonyl (C=O) groups is 1. The zero-order chi connectivity index (χ0) is 13.3. The highest BCUT2D eigenvalue weighted by atomic mass is 16.1. The highest BCUT2D eigenvalue weighted by Crippen LogP contribution is 2.22. The van der Waals surface area contributed by atoms with Crippen LogP contribution in [0.4, 0.5) is 0 Å².